The summed E-state index contributed by atoms with van der Waals surface area (Å²) in [6, 6.07) is 6.10. The van der Waals surface area contributed by atoms with Crippen molar-refractivity contribution in [3.8, 4) is 6.07 Å². The van der Waals surface area contributed by atoms with Crippen molar-refractivity contribution in [2.45, 2.75) is 32.4 Å². The first-order valence-corrected chi connectivity index (χ1v) is 5.38. The second kappa shape index (κ2) is 5.47. The van der Waals surface area contributed by atoms with Gasteiger partial charge in [0.25, 0.3) is 0 Å². The Kier molecular flexibility index (Phi) is 4.27. The Morgan fingerprint density at radius 1 is 1.56 bits per heavy atom. The van der Waals surface area contributed by atoms with Crippen molar-refractivity contribution in [3.05, 3.63) is 23.9 Å². The Balaban J connectivity index is 2.99. The summed E-state index contributed by atoms with van der Waals surface area (Å²) in [6.45, 7) is 3.94. The first-order chi connectivity index (χ1) is 7.57. The highest BCUT2D eigenvalue weighted by molar-refractivity contribution is 5.48. The maximum absolute atomic E-state index is 8.69. The molecule has 1 heterocycles. The van der Waals surface area contributed by atoms with E-state index in [0.717, 1.165) is 11.4 Å². The molecule has 2 atom stereocenters. The second-order valence-corrected chi connectivity index (χ2v) is 4.03. The van der Waals surface area contributed by atoms with E-state index in [2.05, 4.69) is 11.1 Å². The highest BCUT2D eigenvalue weighted by atomic mass is 15.2. The molecule has 16 heavy (non-hydrogen) atoms. The van der Waals surface area contributed by atoms with Gasteiger partial charge in [0.2, 0.25) is 0 Å². The molecular weight excluding hydrogens is 200 g/mol. The lowest BCUT2D eigenvalue weighted by Gasteiger charge is -2.27. The van der Waals surface area contributed by atoms with Crippen LogP contribution in [0.15, 0.2) is 18.3 Å². The molecule has 0 aliphatic carbocycles. The predicted octanol–water partition coefficient (Wildman–Crippen LogP) is 1.84. The number of hydrogen-bond donors (Lipinski definition) is 1. The number of nitriles is 1. The van der Waals surface area contributed by atoms with Crippen LogP contribution in [0.2, 0.25) is 0 Å². The minimum atomic E-state index is -0.0552. The molecule has 1 aromatic heterocycles. The Bertz CT molecular complexity index is 381. The van der Waals surface area contributed by atoms with Crippen molar-refractivity contribution < 1.29 is 0 Å². The van der Waals surface area contributed by atoms with E-state index in [-0.39, 0.29) is 12.1 Å². The van der Waals surface area contributed by atoms with Crippen LogP contribution in [-0.4, -0.2) is 18.1 Å². The van der Waals surface area contributed by atoms with Crippen LogP contribution in [-0.2, 0) is 0 Å². The van der Waals surface area contributed by atoms with Gasteiger partial charge in [0, 0.05) is 30.9 Å². The predicted molar refractivity (Wildman–Crippen MR) is 64.9 cm³/mol. The van der Waals surface area contributed by atoms with E-state index >= 15 is 0 Å². The van der Waals surface area contributed by atoms with Gasteiger partial charge in [-0.1, -0.05) is 6.07 Å². The van der Waals surface area contributed by atoms with Crippen LogP contribution in [0.1, 0.15) is 31.9 Å². The molecule has 86 valence electrons. The second-order valence-electron chi connectivity index (χ2n) is 4.03. The molecule has 0 amide bonds. The lowest BCUT2D eigenvalue weighted by Crippen LogP contribution is -2.30. The minimum absolute atomic E-state index is 0.0552. The smallest absolute Gasteiger partial charge is 0.133 e. The van der Waals surface area contributed by atoms with Gasteiger partial charge in [-0.2, -0.15) is 5.26 Å². The van der Waals surface area contributed by atoms with Crippen LogP contribution in [0.4, 0.5) is 5.82 Å². The van der Waals surface area contributed by atoms with Crippen molar-refractivity contribution >= 4 is 5.82 Å². The molecule has 1 unspecified atom stereocenters. The van der Waals surface area contributed by atoms with Gasteiger partial charge >= 0.3 is 0 Å². The number of aromatic nitrogens is 1. The molecule has 0 fully saturated rings. The zero-order valence-corrected chi connectivity index (χ0v) is 10.0. The van der Waals surface area contributed by atoms with Crippen molar-refractivity contribution in [1.82, 2.24) is 4.98 Å². The zero-order valence-electron chi connectivity index (χ0n) is 10.0. The van der Waals surface area contributed by atoms with Crippen LogP contribution in [0.3, 0.4) is 0 Å². The molecule has 2 N–H and O–H groups in total. The van der Waals surface area contributed by atoms with Crippen LogP contribution in [0.25, 0.3) is 0 Å². The number of nitrogens with two attached hydrogens (primary N) is 1. The average molecular weight is 218 g/mol. The SMILES string of the molecule is CC(CC#N)N(C)c1ncccc1[C@H](C)N. The molecule has 0 saturated heterocycles. The number of rotatable bonds is 4. The summed E-state index contributed by atoms with van der Waals surface area (Å²) in [5, 5.41) is 8.69. The Morgan fingerprint density at radius 2 is 2.25 bits per heavy atom. The third-order valence-electron chi connectivity index (χ3n) is 2.69. The van der Waals surface area contributed by atoms with Crippen molar-refractivity contribution in [3.63, 3.8) is 0 Å². The van der Waals surface area contributed by atoms with Gasteiger partial charge in [-0.3, -0.25) is 0 Å². The van der Waals surface area contributed by atoms with Gasteiger partial charge in [-0.25, -0.2) is 4.98 Å². The third kappa shape index (κ3) is 2.71. The molecule has 1 rings (SSSR count). The van der Waals surface area contributed by atoms with Crippen molar-refractivity contribution in [1.29, 1.82) is 5.26 Å². The summed E-state index contributed by atoms with van der Waals surface area (Å²) in [4.78, 5) is 6.34. The maximum Gasteiger partial charge on any atom is 0.133 e. The van der Waals surface area contributed by atoms with E-state index in [9.17, 15) is 0 Å². The topological polar surface area (TPSA) is 65.9 Å². The summed E-state index contributed by atoms with van der Waals surface area (Å²) < 4.78 is 0. The summed E-state index contributed by atoms with van der Waals surface area (Å²) >= 11 is 0. The lowest BCUT2D eigenvalue weighted by atomic mass is 10.1. The summed E-state index contributed by atoms with van der Waals surface area (Å²) in [5.74, 6) is 0.861. The van der Waals surface area contributed by atoms with Crippen molar-refractivity contribution in [2.24, 2.45) is 5.73 Å². The van der Waals surface area contributed by atoms with E-state index in [0.29, 0.717) is 6.42 Å². The van der Waals surface area contributed by atoms with Crippen LogP contribution < -0.4 is 10.6 Å². The molecule has 0 aliphatic rings. The standard InChI is InChI=1S/C12H18N4/c1-9(6-7-13)16(3)12-11(10(2)14)5-4-8-15-12/h4-5,8-10H,6,14H2,1-3H3/t9?,10-/m0/s1. The van der Waals surface area contributed by atoms with E-state index in [1.54, 1.807) is 6.20 Å². The number of nitrogens with zero attached hydrogens (tertiary/aromatic N) is 3. The largest absolute Gasteiger partial charge is 0.356 e. The van der Waals surface area contributed by atoms with Crippen LogP contribution in [0.5, 0.6) is 0 Å². The fourth-order valence-corrected chi connectivity index (χ4v) is 1.54. The van der Waals surface area contributed by atoms with Gasteiger partial charge in [0.05, 0.1) is 12.5 Å². The molecule has 0 bridgehead atoms. The molecule has 0 spiro atoms. The third-order valence-corrected chi connectivity index (χ3v) is 2.69. The quantitative estimate of drug-likeness (QED) is 0.837. The van der Waals surface area contributed by atoms with E-state index in [1.165, 1.54) is 0 Å². The minimum Gasteiger partial charge on any atom is -0.356 e. The normalized spacial score (nSPS) is 13.9. The van der Waals surface area contributed by atoms with Gasteiger partial charge in [0.1, 0.15) is 5.82 Å². The molecule has 1 aromatic rings. The van der Waals surface area contributed by atoms with Gasteiger partial charge in [-0.05, 0) is 19.9 Å². The summed E-state index contributed by atoms with van der Waals surface area (Å²) in [5.41, 5.74) is 6.90. The lowest BCUT2D eigenvalue weighted by molar-refractivity contribution is 0.681. The first kappa shape index (κ1) is 12.5. The Labute approximate surface area is 96.7 Å². The molecule has 4 heteroatoms. The molecule has 4 nitrogen and oxygen atoms in total. The fraction of sp³-hybridized carbons (Fsp3) is 0.500. The van der Waals surface area contributed by atoms with E-state index in [4.69, 9.17) is 11.0 Å². The van der Waals surface area contributed by atoms with Crippen molar-refractivity contribution in [2.75, 3.05) is 11.9 Å². The Hall–Kier alpha value is -1.60. The maximum atomic E-state index is 8.69. The zero-order chi connectivity index (χ0) is 12.1. The van der Waals surface area contributed by atoms with Crippen LogP contribution in [0, 0.1) is 11.3 Å². The highest BCUT2D eigenvalue weighted by Gasteiger charge is 2.16. The van der Waals surface area contributed by atoms with E-state index < -0.39 is 0 Å². The van der Waals surface area contributed by atoms with E-state index in [1.807, 2.05) is 37.9 Å². The Morgan fingerprint density at radius 3 is 2.81 bits per heavy atom. The highest BCUT2D eigenvalue weighted by Crippen LogP contribution is 2.23. The number of pyridine rings is 1. The van der Waals surface area contributed by atoms with Gasteiger partial charge < -0.3 is 10.6 Å². The average Bonchev–Trinajstić information content (AvgIpc) is 2.28. The monoisotopic (exact) mass is 218 g/mol. The molecule has 0 radical (unpaired) electrons. The van der Waals surface area contributed by atoms with Gasteiger partial charge in [-0.15, -0.1) is 0 Å². The molecule has 0 aliphatic heterocycles. The van der Waals surface area contributed by atoms with Crippen LogP contribution >= 0.6 is 0 Å². The molecule has 0 saturated carbocycles. The number of anilines is 1. The summed E-state index contributed by atoms with van der Waals surface area (Å²) in [6.07, 6.45) is 2.22. The molecule has 0 aromatic carbocycles. The summed E-state index contributed by atoms with van der Waals surface area (Å²) in [7, 11) is 1.94. The first-order valence-electron chi connectivity index (χ1n) is 5.38. The van der Waals surface area contributed by atoms with Gasteiger partial charge in [0.15, 0.2) is 0 Å². The number of hydrogen-bond acceptors (Lipinski definition) is 4. The fourth-order valence-electron chi connectivity index (χ4n) is 1.54. The molecular formula is C12H18N4.